The molecule has 0 aliphatic heterocycles. The third-order valence-electron chi connectivity index (χ3n) is 1.37. The van der Waals surface area contributed by atoms with Crippen LogP contribution in [0.15, 0.2) is 18.3 Å². The second-order valence-corrected chi connectivity index (χ2v) is 2.39. The number of nitrogens with zero attached hydrogens (tertiary/aromatic N) is 1. The molecule has 12 heavy (non-hydrogen) atoms. The van der Waals surface area contributed by atoms with Crippen LogP contribution in [0.1, 0.15) is 18.7 Å². The van der Waals surface area contributed by atoms with E-state index in [9.17, 15) is 9.60 Å². The highest BCUT2D eigenvalue weighted by Crippen LogP contribution is 2.03. The number of nitrogens with two attached hydrogens (primary N) is 1. The Balaban J connectivity index is 0.00000121. The smallest absolute Gasteiger partial charge is 0.216 e. The van der Waals surface area contributed by atoms with Crippen molar-refractivity contribution in [3.63, 3.8) is 0 Å². The third-order valence-corrected chi connectivity index (χ3v) is 1.37. The molecule has 1 aromatic rings. The van der Waals surface area contributed by atoms with Gasteiger partial charge in [0.15, 0.2) is 5.82 Å². The van der Waals surface area contributed by atoms with Crippen molar-refractivity contribution in [3.05, 3.63) is 35.0 Å². The van der Waals surface area contributed by atoms with E-state index >= 15 is 0 Å². The highest BCUT2D eigenvalue weighted by Gasteiger charge is 2.10. The van der Waals surface area contributed by atoms with Crippen LogP contribution in [0.4, 0.5) is 4.39 Å². The van der Waals surface area contributed by atoms with Gasteiger partial charge in [0.25, 0.3) is 0 Å². The van der Waals surface area contributed by atoms with Crippen LogP contribution in [-0.4, -0.2) is 0 Å². The van der Waals surface area contributed by atoms with E-state index in [-0.39, 0.29) is 18.4 Å². The maximum Gasteiger partial charge on any atom is 0.216 e. The summed E-state index contributed by atoms with van der Waals surface area (Å²) < 4.78 is 12.8. The summed E-state index contributed by atoms with van der Waals surface area (Å²) in [5, 5.41) is 10.9. The molecule has 0 aliphatic carbocycles. The van der Waals surface area contributed by atoms with Gasteiger partial charge in [-0.05, 0) is 13.0 Å². The van der Waals surface area contributed by atoms with Gasteiger partial charge in [0.2, 0.25) is 11.9 Å². The molecule has 0 saturated heterocycles. The van der Waals surface area contributed by atoms with Crippen LogP contribution in [0.25, 0.3) is 0 Å². The first kappa shape index (κ1) is 11.1. The van der Waals surface area contributed by atoms with Gasteiger partial charge in [-0.2, -0.15) is 4.73 Å². The fourth-order valence-electron chi connectivity index (χ4n) is 0.821. The summed E-state index contributed by atoms with van der Waals surface area (Å²) in [5.41, 5.74) is 5.79. The molecule has 0 amide bonds. The van der Waals surface area contributed by atoms with Gasteiger partial charge >= 0.3 is 0 Å². The molecule has 0 bridgehead atoms. The van der Waals surface area contributed by atoms with Crippen molar-refractivity contribution in [1.29, 1.82) is 0 Å². The van der Waals surface area contributed by atoms with E-state index < -0.39 is 5.82 Å². The summed E-state index contributed by atoms with van der Waals surface area (Å²) in [6.07, 6.45) is 0.860. The predicted octanol–water partition coefficient (Wildman–Crippen LogP) is 0.901. The number of hydrogen-bond acceptors (Lipinski definition) is 2. The average molecular weight is 193 g/mol. The van der Waals surface area contributed by atoms with Crippen molar-refractivity contribution in [1.82, 2.24) is 0 Å². The van der Waals surface area contributed by atoms with Gasteiger partial charge < -0.3 is 10.9 Å². The molecule has 1 atom stereocenters. The summed E-state index contributed by atoms with van der Waals surface area (Å²) in [7, 11) is 0. The van der Waals surface area contributed by atoms with E-state index in [2.05, 4.69) is 0 Å². The van der Waals surface area contributed by atoms with Crippen LogP contribution in [0, 0.1) is 11.0 Å². The molecule has 0 aromatic carbocycles. The Kier molecular flexibility index (Phi) is 3.92. The lowest BCUT2D eigenvalue weighted by Gasteiger charge is -2.05. The van der Waals surface area contributed by atoms with Crippen LogP contribution in [0.5, 0.6) is 0 Å². The zero-order valence-electron chi connectivity index (χ0n) is 6.53. The van der Waals surface area contributed by atoms with Crippen molar-refractivity contribution in [2.45, 2.75) is 13.0 Å². The van der Waals surface area contributed by atoms with Gasteiger partial charge in [0.05, 0.1) is 6.04 Å². The zero-order chi connectivity index (χ0) is 8.43. The standard InChI is InChI=1S/C7H9FN2O.ClH/c1-5(9)7-3-2-6(8)4-10(7)11;/h2-5H,9H2,1H3;1H/t5-;/m1./s1. The first-order chi connectivity index (χ1) is 5.11. The summed E-state index contributed by atoms with van der Waals surface area (Å²) in [5.74, 6) is -0.551. The molecular formula is C7H10ClFN2O. The maximum absolute atomic E-state index is 12.3. The Morgan fingerprint density at radius 3 is 2.58 bits per heavy atom. The third kappa shape index (κ3) is 2.32. The highest BCUT2D eigenvalue weighted by atomic mass is 35.5. The minimum absolute atomic E-state index is 0. The summed E-state index contributed by atoms with van der Waals surface area (Å²) >= 11 is 0. The van der Waals surface area contributed by atoms with Crippen LogP contribution in [0.2, 0.25) is 0 Å². The minimum atomic E-state index is -0.551. The molecule has 0 fully saturated rings. The molecule has 3 nitrogen and oxygen atoms in total. The molecule has 5 heteroatoms. The van der Waals surface area contributed by atoms with Crippen LogP contribution in [-0.2, 0) is 0 Å². The van der Waals surface area contributed by atoms with E-state index in [1.54, 1.807) is 6.92 Å². The largest absolute Gasteiger partial charge is 0.618 e. The van der Waals surface area contributed by atoms with Crippen molar-refractivity contribution in [2.24, 2.45) is 5.73 Å². The van der Waals surface area contributed by atoms with Gasteiger partial charge in [0, 0.05) is 6.07 Å². The van der Waals surface area contributed by atoms with E-state index in [0.717, 1.165) is 6.20 Å². The van der Waals surface area contributed by atoms with Gasteiger partial charge in [-0.1, -0.05) is 0 Å². The first-order valence-electron chi connectivity index (χ1n) is 3.25. The normalized spacial score (nSPS) is 11.9. The maximum atomic E-state index is 12.3. The lowest BCUT2D eigenvalue weighted by atomic mass is 10.2. The second-order valence-electron chi connectivity index (χ2n) is 2.39. The molecular weight excluding hydrogens is 183 g/mol. The van der Waals surface area contributed by atoms with Crippen molar-refractivity contribution in [3.8, 4) is 0 Å². The second kappa shape index (κ2) is 4.23. The highest BCUT2D eigenvalue weighted by molar-refractivity contribution is 5.85. The SMILES string of the molecule is C[C@@H](N)c1ccc(F)c[n+]1[O-].Cl. The summed E-state index contributed by atoms with van der Waals surface area (Å²) in [4.78, 5) is 0. The predicted molar refractivity (Wildman–Crippen MR) is 45.2 cm³/mol. The molecule has 0 aliphatic rings. The van der Waals surface area contributed by atoms with Crippen molar-refractivity contribution < 1.29 is 9.12 Å². The fraction of sp³-hybridized carbons (Fsp3) is 0.286. The van der Waals surface area contributed by atoms with Gasteiger partial charge in [-0.25, -0.2) is 4.39 Å². The fourth-order valence-corrected chi connectivity index (χ4v) is 0.821. The Hall–Kier alpha value is -0.870. The molecule has 68 valence electrons. The first-order valence-corrected chi connectivity index (χ1v) is 3.25. The van der Waals surface area contributed by atoms with E-state index in [0.29, 0.717) is 10.4 Å². The van der Waals surface area contributed by atoms with Gasteiger partial charge in [0.1, 0.15) is 0 Å². The van der Waals surface area contributed by atoms with Crippen molar-refractivity contribution >= 4 is 12.4 Å². The molecule has 1 rings (SSSR count). The minimum Gasteiger partial charge on any atom is -0.618 e. The Labute approximate surface area is 76.0 Å². The molecule has 0 unspecified atom stereocenters. The number of halogens is 2. The van der Waals surface area contributed by atoms with Crippen LogP contribution in [0.3, 0.4) is 0 Å². The Morgan fingerprint density at radius 2 is 2.17 bits per heavy atom. The lowest BCUT2D eigenvalue weighted by molar-refractivity contribution is -0.617. The Morgan fingerprint density at radius 1 is 1.58 bits per heavy atom. The molecule has 1 aromatic heterocycles. The quantitative estimate of drug-likeness (QED) is 0.531. The Bertz CT molecular complexity index is 268. The average Bonchev–Trinajstić information content (AvgIpc) is 1.85. The van der Waals surface area contributed by atoms with Crippen molar-refractivity contribution in [2.75, 3.05) is 0 Å². The number of aromatic nitrogens is 1. The molecule has 0 radical (unpaired) electrons. The lowest BCUT2D eigenvalue weighted by Crippen LogP contribution is -2.35. The molecule has 2 N–H and O–H groups in total. The van der Waals surface area contributed by atoms with E-state index in [1.165, 1.54) is 12.1 Å². The van der Waals surface area contributed by atoms with Gasteiger partial charge in [-0.3, -0.25) is 0 Å². The topological polar surface area (TPSA) is 53.0 Å². The van der Waals surface area contributed by atoms with Gasteiger partial charge in [-0.15, -0.1) is 12.4 Å². The van der Waals surface area contributed by atoms with Crippen LogP contribution >= 0.6 is 12.4 Å². The van der Waals surface area contributed by atoms with E-state index in [4.69, 9.17) is 5.73 Å². The molecule has 1 heterocycles. The number of pyridine rings is 1. The summed E-state index contributed by atoms with van der Waals surface area (Å²) in [6, 6.07) is 2.23. The zero-order valence-corrected chi connectivity index (χ0v) is 7.34. The number of rotatable bonds is 1. The molecule has 0 spiro atoms. The summed E-state index contributed by atoms with van der Waals surface area (Å²) in [6.45, 7) is 1.67. The molecule has 0 saturated carbocycles. The monoisotopic (exact) mass is 192 g/mol. The van der Waals surface area contributed by atoms with E-state index in [1.807, 2.05) is 0 Å². The van der Waals surface area contributed by atoms with Crippen LogP contribution < -0.4 is 10.5 Å². The number of hydrogen-bond donors (Lipinski definition) is 1.